The van der Waals surface area contributed by atoms with E-state index in [2.05, 4.69) is 22.3 Å². The summed E-state index contributed by atoms with van der Waals surface area (Å²) in [7, 11) is -0.780. The molecule has 0 saturated carbocycles. The second kappa shape index (κ2) is 13.2. The van der Waals surface area contributed by atoms with Gasteiger partial charge in [-0.15, -0.1) is 0 Å². The van der Waals surface area contributed by atoms with Crippen molar-refractivity contribution in [3.8, 4) is 0 Å². The van der Waals surface area contributed by atoms with Crippen molar-refractivity contribution in [1.82, 2.24) is 15.1 Å². The summed E-state index contributed by atoms with van der Waals surface area (Å²) in [4.78, 5) is 38.1. The second-order valence-electron chi connectivity index (χ2n) is 9.73. The Balaban J connectivity index is 2.35. The first-order chi connectivity index (χ1) is 17.8. The highest BCUT2D eigenvalue weighted by Gasteiger charge is 2.27. The lowest BCUT2D eigenvalue weighted by Gasteiger charge is -2.21. The van der Waals surface area contributed by atoms with Crippen molar-refractivity contribution in [2.24, 2.45) is 0 Å². The van der Waals surface area contributed by atoms with E-state index >= 15 is 0 Å². The molecule has 0 saturated heterocycles. The van der Waals surface area contributed by atoms with Crippen LogP contribution in [0.2, 0.25) is 19.6 Å². The van der Waals surface area contributed by atoms with Crippen molar-refractivity contribution in [1.29, 1.82) is 0 Å². The third-order valence-electron chi connectivity index (χ3n) is 5.48. The Labute approximate surface area is 222 Å². The fourth-order valence-corrected chi connectivity index (χ4v) is 5.19. The van der Waals surface area contributed by atoms with Crippen molar-refractivity contribution in [2.45, 2.75) is 46.1 Å². The molecule has 0 aliphatic carbocycles. The van der Waals surface area contributed by atoms with Crippen LogP contribution in [-0.4, -0.2) is 49.4 Å². The van der Waals surface area contributed by atoms with Crippen LogP contribution in [-0.2, 0) is 20.9 Å². The van der Waals surface area contributed by atoms with E-state index in [1.165, 1.54) is 25.3 Å². The average molecular weight is 545 g/mol. The minimum atomic E-state index is -2.32. The monoisotopic (exact) mass is 544 g/mol. The third kappa shape index (κ3) is 8.42. The van der Waals surface area contributed by atoms with Crippen molar-refractivity contribution < 1.29 is 23.1 Å². The molecule has 1 aromatic carbocycles. The van der Waals surface area contributed by atoms with Gasteiger partial charge in [0.1, 0.15) is 24.2 Å². The maximum atomic E-state index is 14.7. The maximum Gasteiger partial charge on any atom is 0.267 e. The van der Waals surface area contributed by atoms with Crippen LogP contribution in [0.5, 0.6) is 0 Å². The third-order valence-corrected chi connectivity index (χ3v) is 7.46. The van der Waals surface area contributed by atoms with Gasteiger partial charge in [0.15, 0.2) is 0 Å². The summed E-state index contributed by atoms with van der Waals surface area (Å²) in [5.41, 5.74) is 0.919. The van der Waals surface area contributed by atoms with Gasteiger partial charge in [-0.05, 0) is 43.2 Å². The first kappa shape index (κ1) is 30.5. The van der Waals surface area contributed by atoms with Gasteiger partial charge in [0, 0.05) is 24.1 Å². The van der Waals surface area contributed by atoms with E-state index in [1.807, 2.05) is 32.6 Å². The van der Waals surface area contributed by atoms with Crippen LogP contribution in [0.1, 0.15) is 12.6 Å². The van der Waals surface area contributed by atoms with Crippen LogP contribution in [0.4, 0.5) is 14.5 Å². The minimum Gasteiger partial charge on any atom is -0.380 e. The Kier molecular flexibility index (Phi) is 10.6. The molecule has 2 amide bonds. The van der Waals surface area contributed by atoms with E-state index in [1.54, 1.807) is 13.0 Å². The first-order valence-electron chi connectivity index (χ1n) is 11.9. The molecule has 0 unspecified atom stereocenters. The highest BCUT2D eigenvalue weighted by Crippen LogP contribution is 2.17. The van der Waals surface area contributed by atoms with Crippen LogP contribution in [0.3, 0.4) is 0 Å². The lowest BCUT2D eigenvalue weighted by atomic mass is 10.1. The van der Waals surface area contributed by atoms with E-state index in [4.69, 9.17) is 4.74 Å². The number of allylic oxidation sites excluding steroid dienone is 1. The van der Waals surface area contributed by atoms with Gasteiger partial charge >= 0.3 is 0 Å². The van der Waals surface area contributed by atoms with Gasteiger partial charge in [-0.3, -0.25) is 14.4 Å². The predicted octanol–water partition coefficient (Wildman–Crippen LogP) is 3.20. The van der Waals surface area contributed by atoms with E-state index in [9.17, 15) is 23.2 Å². The molecule has 2 rings (SSSR count). The number of amides is 2. The molecule has 1 heterocycles. The molecule has 0 bridgehead atoms. The largest absolute Gasteiger partial charge is 0.380 e. The standard InChI is InChI=1S/C27H34F2N4O4Si/c1-8-19(16-37-4)11-9-17(2)25(31-23(34)15-33-24(35)12-10-18(3)32-33)27(36)30-20-13-21(28)26(22(29)14-20)38(5,6)7/h8-14,25H,2,15-16H2,1,3-7H3,(H,30,36)(H,31,34)/b11-9-,19-8+/t25-/m1/s1. The van der Waals surface area contributed by atoms with Crippen LogP contribution in [0, 0.1) is 18.6 Å². The number of nitrogens with zero attached hydrogens (tertiary/aromatic N) is 2. The predicted molar refractivity (Wildman–Crippen MR) is 147 cm³/mol. The van der Waals surface area contributed by atoms with Gasteiger partial charge in [-0.25, -0.2) is 13.5 Å². The zero-order chi connectivity index (χ0) is 28.6. The summed E-state index contributed by atoms with van der Waals surface area (Å²) in [5, 5.41) is 9.05. The molecule has 0 radical (unpaired) electrons. The lowest BCUT2D eigenvalue weighted by molar-refractivity contribution is -0.126. The molecular formula is C27H34F2N4O4Si. The number of carbonyl (C=O) groups excluding carboxylic acids is 2. The number of halogens is 2. The Hall–Kier alpha value is -3.70. The number of rotatable bonds is 11. The SMILES string of the molecule is C=C(/C=C\C(=C/C)COC)[C@@H](NC(=O)Cn1nc(C)ccc1=O)C(=O)Nc1cc(F)c([Si](C)(C)C)c(F)c1. The Morgan fingerprint density at radius 1 is 1.18 bits per heavy atom. The van der Waals surface area contributed by atoms with Crippen LogP contribution in [0.15, 0.2) is 65.0 Å². The molecule has 0 aliphatic heterocycles. The number of aromatic nitrogens is 2. The van der Waals surface area contributed by atoms with E-state index in [-0.39, 0.29) is 16.4 Å². The van der Waals surface area contributed by atoms with Crippen molar-refractivity contribution in [2.75, 3.05) is 19.0 Å². The molecule has 38 heavy (non-hydrogen) atoms. The fraction of sp³-hybridized carbons (Fsp3) is 0.333. The van der Waals surface area contributed by atoms with Gasteiger partial charge in [-0.2, -0.15) is 5.10 Å². The summed E-state index contributed by atoms with van der Waals surface area (Å²) in [6.07, 6.45) is 5.01. The normalized spacial score (nSPS) is 12.9. The molecule has 2 aromatic rings. The smallest absolute Gasteiger partial charge is 0.267 e. The van der Waals surface area contributed by atoms with Gasteiger partial charge in [-0.1, -0.05) is 44.4 Å². The molecule has 1 aromatic heterocycles. The number of nitrogens with one attached hydrogen (secondary N) is 2. The molecule has 1 atom stereocenters. The zero-order valence-corrected chi connectivity index (χ0v) is 23.5. The summed E-state index contributed by atoms with van der Waals surface area (Å²) in [6, 6.07) is 3.59. The number of anilines is 1. The van der Waals surface area contributed by atoms with Crippen LogP contribution < -0.4 is 21.4 Å². The topological polar surface area (TPSA) is 102 Å². The summed E-state index contributed by atoms with van der Waals surface area (Å²) in [5.74, 6) is -2.96. The number of ether oxygens (including phenoxy) is 1. The number of benzene rings is 1. The molecule has 0 aliphatic rings. The van der Waals surface area contributed by atoms with E-state index in [0.29, 0.717) is 12.3 Å². The molecule has 0 fully saturated rings. The van der Waals surface area contributed by atoms with Gasteiger partial charge < -0.3 is 15.4 Å². The molecule has 2 N–H and O–H groups in total. The highest BCUT2D eigenvalue weighted by atomic mass is 28.3. The summed E-state index contributed by atoms with van der Waals surface area (Å²) in [6.45, 7) is 12.7. The molecule has 0 spiro atoms. The first-order valence-corrected chi connectivity index (χ1v) is 15.4. The Bertz CT molecular complexity index is 1310. The Morgan fingerprint density at radius 2 is 1.82 bits per heavy atom. The van der Waals surface area contributed by atoms with Crippen molar-refractivity contribution in [3.63, 3.8) is 0 Å². The lowest BCUT2D eigenvalue weighted by Crippen LogP contribution is -2.47. The zero-order valence-electron chi connectivity index (χ0n) is 22.5. The van der Waals surface area contributed by atoms with E-state index < -0.39 is 49.7 Å². The van der Waals surface area contributed by atoms with Crippen LogP contribution >= 0.6 is 0 Å². The van der Waals surface area contributed by atoms with Gasteiger partial charge in [0.25, 0.3) is 11.5 Å². The van der Waals surface area contributed by atoms with Crippen LogP contribution in [0.25, 0.3) is 0 Å². The second-order valence-corrected chi connectivity index (χ2v) is 14.7. The number of aryl methyl sites for hydroxylation is 1. The van der Waals surface area contributed by atoms with Gasteiger partial charge in [0.05, 0.1) is 20.4 Å². The average Bonchev–Trinajstić information content (AvgIpc) is 2.80. The number of hydrogen-bond donors (Lipinski definition) is 2. The van der Waals surface area contributed by atoms with E-state index in [0.717, 1.165) is 22.4 Å². The summed E-state index contributed by atoms with van der Waals surface area (Å²) < 4.78 is 35.6. The molecule has 204 valence electrons. The van der Waals surface area contributed by atoms with Crippen molar-refractivity contribution in [3.05, 3.63) is 87.9 Å². The molecule has 8 nitrogen and oxygen atoms in total. The number of methoxy groups -OCH3 is 1. The van der Waals surface area contributed by atoms with Crippen molar-refractivity contribution >= 4 is 30.8 Å². The fourth-order valence-electron chi connectivity index (χ4n) is 3.61. The maximum absolute atomic E-state index is 14.7. The summed E-state index contributed by atoms with van der Waals surface area (Å²) >= 11 is 0. The number of carbonyl (C=O) groups is 2. The molecule has 11 heteroatoms. The van der Waals surface area contributed by atoms with Gasteiger partial charge in [0.2, 0.25) is 5.91 Å². The highest BCUT2D eigenvalue weighted by molar-refractivity contribution is 6.88. The minimum absolute atomic E-state index is 0.0285. The molecular weight excluding hydrogens is 510 g/mol. The quantitative estimate of drug-likeness (QED) is 0.334. The Morgan fingerprint density at radius 3 is 2.37 bits per heavy atom. The number of hydrogen-bond acceptors (Lipinski definition) is 5.